The first-order valence-electron chi connectivity index (χ1n) is 9.68. The quantitative estimate of drug-likeness (QED) is 0.573. The van der Waals surface area contributed by atoms with E-state index in [-0.39, 0.29) is 18.1 Å². The van der Waals surface area contributed by atoms with Gasteiger partial charge in [-0.1, -0.05) is 24.3 Å². The molecule has 0 fully saturated rings. The highest BCUT2D eigenvalue weighted by Gasteiger charge is 2.20. The molecule has 0 unspecified atom stereocenters. The molecule has 0 saturated carbocycles. The topological polar surface area (TPSA) is 32.3 Å². The average molecular weight is 407 g/mol. The Labute approximate surface area is 176 Å². The second-order valence-corrected chi connectivity index (χ2v) is 7.97. The number of nitrogens with one attached hydrogen (secondary N) is 1. The van der Waals surface area contributed by atoms with Crippen molar-refractivity contribution in [2.24, 2.45) is 0 Å². The van der Waals surface area contributed by atoms with Gasteiger partial charge in [0.15, 0.2) is 0 Å². The van der Waals surface area contributed by atoms with Crippen LogP contribution in [0.1, 0.15) is 22.3 Å². The number of rotatable bonds is 5. The van der Waals surface area contributed by atoms with Crippen LogP contribution in [-0.4, -0.2) is 12.5 Å². The van der Waals surface area contributed by atoms with Crippen LogP contribution in [0.15, 0.2) is 65.6 Å². The molecule has 4 rings (SSSR count). The van der Waals surface area contributed by atoms with Crippen LogP contribution in [0, 0.1) is 12.7 Å². The molecule has 1 aliphatic rings. The summed E-state index contributed by atoms with van der Waals surface area (Å²) in [4.78, 5) is 15.7. The predicted molar refractivity (Wildman–Crippen MR) is 118 cm³/mol. The monoisotopic (exact) mass is 406 g/mol. The van der Waals surface area contributed by atoms with Crippen LogP contribution >= 0.6 is 12.6 Å². The molecular formula is C24H23FN2OS. The third-order valence-electron chi connectivity index (χ3n) is 5.27. The molecule has 1 amide bonds. The van der Waals surface area contributed by atoms with Gasteiger partial charge in [-0.25, -0.2) is 4.39 Å². The van der Waals surface area contributed by atoms with Gasteiger partial charge >= 0.3 is 0 Å². The number of hydrogen-bond acceptors (Lipinski definition) is 3. The summed E-state index contributed by atoms with van der Waals surface area (Å²) in [7, 11) is 0. The molecule has 148 valence electrons. The molecule has 3 aromatic rings. The van der Waals surface area contributed by atoms with Crippen molar-refractivity contribution in [2.45, 2.75) is 31.2 Å². The molecule has 29 heavy (non-hydrogen) atoms. The van der Waals surface area contributed by atoms with Gasteiger partial charge in [0.05, 0.1) is 6.42 Å². The van der Waals surface area contributed by atoms with Crippen molar-refractivity contribution in [3.63, 3.8) is 0 Å². The Balaban J connectivity index is 1.41. The van der Waals surface area contributed by atoms with Gasteiger partial charge in [-0.3, -0.25) is 4.79 Å². The average Bonchev–Trinajstić information content (AvgIpc) is 3.08. The molecule has 0 spiro atoms. The maximum Gasteiger partial charge on any atom is 0.228 e. The lowest BCUT2D eigenvalue weighted by molar-refractivity contribution is -0.115. The number of nitrogens with zero attached hydrogens (tertiary/aromatic N) is 1. The van der Waals surface area contributed by atoms with E-state index in [1.165, 1.54) is 34.5 Å². The highest BCUT2D eigenvalue weighted by atomic mass is 32.1. The van der Waals surface area contributed by atoms with Gasteiger partial charge in [-0.05, 0) is 72.0 Å². The van der Waals surface area contributed by atoms with Crippen LogP contribution in [0.25, 0.3) is 0 Å². The maximum atomic E-state index is 13.0. The van der Waals surface area contributed by atoms with Crippen LogP contribution in [0.5, 0.6) is 0 Å². The molecular weight excluding hydrogens is 383 g/mol. The van der Waals surface area contributed by atoms with Crippen molar-refractivity contribution in [3.05, 3.63) is 88.7 Å². The van der Waals surface area contributed by atoms with Crippen molar-refractivity contribution in [2.75, 3.05) is 16.8 Å². The molecule has 3 aromatic carbocycles. The Morgan fingerprint density at radius 3 is 2.59 bits per heavy atom. The van der Waals surface area contributed by atoms with E-state index in [0.717, 1.165) is 35.7 Å². The van der Waals surface area contributed by atoms with Gasteiger partial charge in [-0.15, -0.1) is 12.6 Å². The summed E-state index contributed by atoms with van der Waals surface area (Å²) in [5.41, 5.74) is 6.50. The number of benzene rings is 3. The van der Waals surface area contributed by atoms with Gasteiger partial charge in [-0.2, -0.15) is 0 Å². The summed E-state index contributed by atoms with van der Waals surface area (Å²) in [6.07, 6.45) is 1.19. The Bertz CT molecular complexity index is 1050. The van der Waals surface area contributed by atoms with E-state index in [4.69, 9.17) is 0 Å². The van der Waals surface area contributed by atoms with Gasteiger partial charge < -0.3 is 10.2 Å². The largest absolute Gasteiger partial charge is 0.367 e. The smallest absolute Gasteiger partial charge is 0.228 e. The number of carbonyl (C=O) groups excluding carboxylic acids is 1. The van der Waals surface area contributed by atoms with Crippen LogP contribution in [0.4, 0.5) is 15.8 Å². The first kappa shape index (κ1) is 19.5. The van der Waals surface area contributed by atoms with Crippen LogP contribution in [-0.2, 0) is 24.2 Å². The summed E-state index contributed by atoms with van der Waals surface area (Å²) >= 11 is 4.45. The highest BCUT2D eigenvalue weighted by Crippen LogP contribution is 2.32. The highest BCUT2D eigenvalue weighted by molar-refractivity contribution is 7.80. The van der Waals surface area contributed by atoms with E-state index >= 15 is 0 Å². The molecule has 5 heteroatoms. The number of aryl methyl sites for hydroxylation is 1. The minimum atomic E-state index is -0.297. The fraction of sp³-hybridized carbons (Fsp3) is 0.208. The van der Waals surface area contributed by atoms with Gasteiger partial charge in [0, 0.05) is 29.4 Å². The Kier molecular flexibility index (Phi) is 5.58. The zero-order valence-electron chi connectivity index (χ0n) is 16.3. The van der Waals surface area contributed by atoms with Crippen molar-refractivity contribution in [3.8, 4) is 0 Å². The molecule has 1 heterocycles. The first-order valence-corrected chi connectivity index (χ1v) is 10.1. The Morgan fingerprint density at radius 1 is 1.07 bits per heavy atom. The summed E-state index contributed by atoms with van der Waals surface area (Å²) < 4.78 is 13.0. The van der Waals surface area contributed by atoms with E-state index in [0.29, 0.717) is 0 Å². The molecule has 3 nitrogen and oxygen atoms in total. The van der Waals surface area contributed by atoms with E-state index in [9.17, 15) is 9.18 Å². The molecule has 0 bridgehead atoms. The van der Waals surface area contributed by atoms with E-state index < -0.39 is 0 Å². The molecule has 1 aliphatic heterocycles. The van der Waals surface area contributed by atoms with Crippen LogP contribution in [0.3, 0.4) is 0 Å². The van der Waals surface area contributed by atoms with Gasteiger partial charge in [0.25, 0.3) is 0 Å². The number of anilines is 2. The first-order chi connectivity index (χ1) is 14.0. The van der Waals surface area contributed by atoms with Gasteiger partial charge in [0.1, 0.15) is 5.82 Å². The maximum absolute atomic E-state index is 13.0. The van der Waals surface area contributed by atoms with Crippen molar-refractivity contribution >= 4 is 29.9 Å². The SMILES string of the molecule is Cc1cc(CN2CCc3cc(NC(=O)Cc4ccc(F)cc4)ccc32)ccc1S. The fourth-order valence-corrected chi connectivity index (χ4v) is 3.88. The number of thiol groups is 1. The number of carbonyl (C=O) groups is 1. The van der Waals surface area contributed by atoms with E-state index in [1.54, 1.807) is 12.1 Å². The minimum absolute atomic E-state index is 0.103. The minimum Gasteiger partial charge on any atom is -0.367 e. The summed E-state index contributed by atoms with van der Waals surface area (Å²) in [6, 6.07) is 18.5. The second-order valence-electron chi connectivity index (χ2n) is 7.49. The molecule has 0 aromatic heterocycles. The standard InChI is InChI=1S/C24H23FN2OS/c1-16-12-18(4-9-23(16)29)15-27-11-10-19-14-21(7-8-22(19)27)26-24(28)13-17-2-5-20(25)6-3-17/h2-9,12,14,29H,10-11,13,15H2,1H3,(H,26,28). The number of hydrogen-bond donors (Lipinski definition) is 2. The summed E-state index contributed by atoms with van der Waals surface area (Å²) in [5, 5.41) is 2.95. The zero-order chi connectivity index (χ0) is 20.4. The second kappa shape index (κ2) is 8.29. The van der Waals surface area contributed by atoms with E-state index in [1.807, 2.05) is 12.1 Å². The predicted octanol–water partition coefficient (Wildman–Crippen LogP) is 5.17. The van der Waals surface area contributed by atoms with Crippen molar-refractivity contribution < 1.29 is 9.18 Å². The molecule has 0 atom stereocenters. The van der Waals surface area contributed by atoms with Gasteiger partial charge in [0.2, 0.25) is 5.91 Å². The lowest BCUT2D eigenvalue weighted by Crippen LogP contribution is -2.19. The van der Waals surface area contributed by atoms with E-state index in [2.05, 4.69) is 54.0 Å². The number of halogens is 1. The Morgan fingerprint density at radius 2 is 1.83 bits per heavy atom. The molecule has 0 saturated heterocycles. The lowest BCUT2D eigenvalue weighted by Gasteiger charge is -2.20. The lowest BCUT2D eigenvalue weighted by atomic mass is 10.1. The van der Waals surface area contributed by atoms with Crippen LogP contribution < -0.4 is 10.2 Å². The third-order valence-corrected chi connectivity index (χ3v) is 5.77. The van der Waals surface area contributed by atoms with Crippen LogP contribution in [0.2, 0.25) is 0 Å². The summed E-state index contributed by atoms with van der Waals surface area (Å²) in [6.45, 7) is 3.90. The fourth-order valence-electron chi connectivity index (χ4n) is 3.74. The van der Waals surface area contributed by atoms with Crippen molar-refractivity contribution in [1.82, 2.24) is 0 Å². The third kappa shape index (κ3) is 4.62. The number of fused-ring (bicyclic) bond motifs is 1. The Hall–Kier alpha value is -2.79. The molecule has 1 N–H and O–H groups in total. The molecule has 0 aliphatic carbocycles. The summed E-state index contributed by atoms with van der Waals surface area (Å²) in [5.74, 6) is -0.400. The normalized spacial score (nSPS) is 12.7. The number of amides is 1. The van der Waals surface area contributed by atoms with Crippen molar-refractivity contribution in [1.29, 1.82) is 0 Å². The zero-order valence-corrected chi connectivity index (χ0v) is 17.2. The molecule has 0 radical (unpaired) electrons.